The average molecular weight is 897 g/mol. The highest BCUT2D eigenvalue weighted by molar-refractivity contribution is 6.32. The molecule has 2 atom stereocenters. The predicted octanol–water partition coefficient (Wildman–Crippen LogP) is 9.12. The molecule has 0 saturated carbocycles. The number of rotatable bonds is 12. The van der Waals surface area contributed by atoms with Crippen LogP contribution in [0.2, 0.25) is 20.1 Å². The summed E-state index contributed by atoms with van der Waals surface area (Å²) in [4.78, 5) is 23.4. The fourth-order valence-electron chi connectivity index (χ4n) is 7.73. The molecule has 316 valence electrons. The Labute approximate surface area is 353 Å². The number of alkyl halides is 6. The molecular weight excluding hydrogens is 852 g/mol. The van der Waals surface area contributed by atoms with Crippen molar-refractivity contribution in [3.05, 3.63) is 90.4 Å². The second-order valence-corrected chi connectivity index (χ2v) is 16.2. The Kier molecular flexibility index (Phi) is 13.6. The number of halogens is 10. The molecule has 2 aliphatic rings. The molecule has 0 bridgehead atoms. The molecule has 6 rings (SSSR count). The number of aromatic nitrogens is 4. The van der Waals surface area contributed by atoms with Gasteiger partial charge in [0.1, 0.15) is 0 Å². The van der Waals surface area contributed by atoms with Gasteiger partial charge in [0.25, 0.3) is 0 Å². The lowest BCUT2D eigenvalue weighted by Crippen LogP contribution is -2.61. The van der Waals surface area contributed by atoms with Gasteiger partial charge >= 0.3 is 12.4 Å². The van der Waals surface area contributed by atoms with Crippen molar-refractivity contribution in [1.29, 1.82) is 0 Å². The molecule has 58 heavy (non-hydrogen) atoms. The van der Waals surface area contributed by atoms with E-state index < -0.39 is 51.7 Å². The Morgan fingerprint density at radius 1 is 0.621 bits per heavy atom. The largest absolute Gasteiger partial charge is 0.436 e. The molecule has 2 aromatic heterocycles. The Balaban J connectivity index is 1.35. The van der Waals surface area contributed by atoms with E-state index >= 15 is 4.79 Å². The number of hydrogen-bond donors (Lipinski definition) is 0. The normalized spacial score (nSPS) is 17.3. The molecule has 2 saturated heterocycles. The summed E-state index contributed by atoms with van der Waals surface area (Å²) in [6.45, 7) is 9.57. The van der Waals surface area contributed by atoms with Gasteiger partial charge in [0.15, 0.2) is 17.2 Å². The quantitative estimate of drug-likeness (QED) is 0.132. The Bertz CT molecular complexity index is 1960. The van der Waals surface area contributed by atoms with Crippen molar-refractivity contribution in [1.82, 2.24) is 29.4 Å². The summed E-state index contributed by atoms with van der Waals surface area (Å²) in [7, 11) is 0. The van der Waals surface area contributed by atoms with E-state index in [0.29, 0.717) is 62.4 Å². The van der Waals surface area contributed by atoms with Gasteiger partial charge in [-0.15, -0.1) is 0 Å². The van der Waals surface area contributed by atoms with Gasteiger partial charge in [0, 0.05) is 73.8 Å². The predicted molar refractivity (Wildman–Crippen MR) is 216 cm³/mol. The number of carbonyl (C=O) groups is 1. The minimum absolute atomic E-state index is 0.0304. The number of Topliss-reactive ketones (excluding diaryl/α,β-unsaturated/α-hetero) is 1. The van der Waals surface area contributed by atoms with Crippen LogP contribution in [0.1, 0.15) is 47.8 Å². The minimum Gasteiger partial charge on any atom is -0.369 e. The van der Waals surface area contributed by atoms with Crippen molar-refractivity contribution < 1.29 is 31.1 Å². The first-order valence-corrected chi connectivity index (χ1v) is 20.5. The molecule has 4 aromatic rings. The van der Waals surface area contributed by atoms with Crippen LogP contribution in [0.5, 0.6) is 0 Å². The van der Waals surface area contributed by atoms with Gasteiger partial charge in [-0.1, -0.05) is 60.3 Å². The number of aryl methyl sites for hydroxylation is 2. The highest BCUT2D eigenvalue weighted by atomic mass is 35.5. The summed E-state index contributed by atoms with van der Waals surface area (Å²) in [5.74, 6) is -0.402. The second-order valence-electron chi connectivity index (χ2n) is 14.6. The zero-order valence-corrected chi connectivity index (χ0v) is 35.4. The molecule has 2 aromatic carbocycles. The Hall–Kier alpha value is -3.21. The van der Waals surface area contributed by atoms with Crippen LogP contribution in [0.25, 0.3) is 0 Å². The highest BCUT2D eigenvalue weighted by Gasteiger charge is 2.43. The third kappa shape index (κ3) is 9.39. The summed E-state index contributed by atoms with van der Waals surface area (Å²) < 4.78 is 86.2. The summed E-state index contributed by atoms with van der Waals surface area (Å²) >= 11 is 25.1. The SMILES string of the molecule is CCc1cc(N2CCN(C(Cn3nc(C(F)(F)F)c(Cl)c3C)C(=O)C(Cn3nc(C(F)(F)F)c(Cl)c3C)N3CCN(c4ccc(Cl)c(CC)c4)CC3)CC2)ccc1Cl. The standard InChI is InChI=1S/C39H44Cl4F6N8O/c1-5-25-19-27(7-9-29(25)40)52-11-15-54(16-12-52)31(21-56-23(3)33(42)36(50-56)38(44,45)46)35(58)32(22-57-24(4)34(43)37(51-57)39(47,48)49)55-17-13-53(14-18-55)28-8-10-30(41)26(6-2)20-28/h7-10,19-20,31-32H,5-6,11-18,21-22H2,1-4H3. The average Bonchev–Trinajstić information content (AvgIpc) is 3.65. The molecule has 0 N–H and O–H groups in total. The molecule has 9 nitrogen and oxygen atoms in total. The van der Waals surface area contributed by atoms with Crippen LogP contribution in [0.4, 0.5) is 37.7 Å². The van der Waals surface area contributed by atoms with Crippen molar-refractivity contribution >= 4 is 63.6 Å². The lowest BCUT2D eigenvalue weighted by Gasteiger charge is -2.44. The number of nitrogens with zero attached hydrogens (tertiary/aromatic N) is 8. The zero-order valence-electron chi connectivity index (χ0n) is 32.4. The maximum absolute atomic E-state index is 15.3. The lowest BCUT2D eigenvalue weighted by molar-refractivity contribution is -0.142. The molecular formula is C39H44Cl4F6N8O. The van der Waals surface area contributed by atoms with E-state index in [-0.39, 0.29) is 24.5 Å². The first-order chi connectivity index (χ1) is 27.3. The monoisotopic (exact) mass is 894 g/mol. The van der Waals surface area contributed by atoms with E-state index in [1.54, 1.807) is 0 Å². The third-order valence-electron chi connectivity index (χ3n) is 11.2. The van der Waals surface area contributed by atoms with E-state index in [0.717, 1.165) is 44.7 Å². The van der Waals surface area contributed by atoms with Crippen molar-refractivity contribution in [2.75, 3.05) is 62.2 Å². The van der Waals surface area contributed by atoms with Crippen LogP contribution >= 0.6 is 46.4 Å². The third-order valence-corrected chi connectivity index (χ3v) is 12.9. The lowest BCUT2D eigenvalue weighted by atomic mass is 9.99. The smallest absolute Gasteiger partial charge is 0.369 e. The van der Waals surface area contributed by atoms with Crippen LogP contribution in [-0.4, -0.2) is 99.6 Å². The highest BCUT2D eigenvalue weighted by Crippen LogP contribution is 2.37. The van der Waals surface area contributed by atoms with Gasteiger partial charge in [-0.05, 0) is 74.2 Å². The van der Waals surface area contributed by atoms with E-state index in [1.807, 2.05) is 60.0 Å². The first-order valence-electron chi connectivity index (χ1n) is 19.0. The summed E-state index contributed by atoms with van der Waals surface area (Å²) in [6, 6.07) is 9.46. The van der Waals surface area contributed by atoms with E-state index in [9.17, 15) is 26.3 Å². The molecule has 0 radical (unpaired) electrons. The van der Waals surface area contributed by atoms with Gasteiger partial charge in [0.05, 0.1) is 46.6 Å². The molecule has 2 fully saturated rings. The first kappa shape index (κ1) is 44.3. The van der Waals surface area contributed by atoms with Gasteiger partial charge in [-0.3, -0.25) is 24.0 Å². The summed E-state index contributed by atoms with van der Waals surface area (Å²) in [5, 5.41) is 7.84. The number of ketones is 1. The molecule has 0 amide bonds. The second kappa shape index (κ2) is 17.8. The molecule has 4 heterocycles. The maximum Gasteiger partial charge on any atom is 0.436 e. The Morgan fingerprint density at radius 2 is 0.966 bits per heavy atom. The fourth-order valence-corrected chi connectivity index (χ4v) is 8.72. The molecule has 2 aliphatic heterocycles. The van der Waals surface area contributed by atoms with Gasteiger partial charge in [-0.25, -0.2) is 0 Å². The molecule has 0 spiro atoms. The van der Waals surface area contributed by atoms with Crippen molar-refractivity contribution in [3.8, 4) is 0 Å². The summed E-state index contributed by atoms with van der Waals surface area (Å²) in [6.07, 6.45) is -8.22. The number of carbonyl (C=O) groups excluding carboxylic acids is 1. The number of hydrogen-bond acceptors (Lipinski definition) is 7. The van der Waals surface area contributed by atoms with Crippen molar-refractivity contribution in [2.45, 2.75) is 78.1 Å². The number of benzene rings is 2. The minimum atomic E-state index is -4.84. The molecule has 0 aliphatic carbocycles. The van der Waals surface area contributed by atoms with E-state index in [1.165, 1.54) is 13.8 Å². The van der Waals surface area contributed by atoms with Gasteiger partial charge in [0.2, 0.25) is 0 Å². The topological polar surface area (TPSA) is 65.7 Å². The molecule has 2 unspecified atom stereocenters. The van der Waals surface area contributed by atoms with Crippen LogP contribution in [0.15, 0.2) is 36.4 Å². The van der Waals surface area contributed by atoms with Crippen molar-refractivity contribution in [3.63, 3.8) is 0 Å². The molecule has 19 heteroatoms. The van der Waals surface area contributed by atoms with Crippen LogP contribution in [-0.2, 0) is 43.1 Å². The fraction of sp³-hybridized carbons (Fsp3) is 0.513. The zero-order chi connectivity index (χ0) is 42.3. The summed E-state index contributed by atoms with van der Waals surface area (Å²) in [5.41, 5.74) is 1.39. The van der Waals surface area contributed by atoms with E-state index in [2.05, 4.69) is 20.0 Å². The van der Waals surface area contributed by atoms with Crippen molar-refractivity contribution in [2.24, 2.45) is 0 Å². The van der Waals surface area contributed by atoms with Crippen LogP contribution < -0.4 is 9.80 Å². The number of piperazine rings is 2. The van der Waals surface area contributed by atoms with Gasteiger partial charge in [-0.2, -0.15) is 36.5 Å². The number of anilines is 2. The van der Waals surface area contributed by atoms with Crippen LogP contribution in [0.3, 0.4) is 0 Å². The van der Waals surface area contributed by atoms with Crippen LogP contribution in [0, 0.1) is 13.8 Å². The van der Waals surface area contributed by atoms with E-state index in [4.69, 9.17) is 46.4 Å². The van der Waals surface area contributed by atoms with Gasteiger partial charge < -0.3 is 9.80 Å². The maximum atomic E-state index is 15.3. The Morgan fingerprint density at radius 3 is 1.26 bits per heavy atom.